The lowest BCUT2D eigenvalue weighted by atomic mass is 9.75. The van der Waals surface area contributed by atoms with Crippen molar-refractivity contribution in [2.45, 2.75) is 78.2 Å². The molecule has 0 radical (unpaired) electrons. The van der Waals surface area contributed by atoms with Crippen molar-refractivity contribution in [1.82, 2.24) is 0 Å². The van der Waals surface area contributed by atoms with Crippen LogP contribution in [0.4, 0.5) is 0 Å². The molecule has 0 aromatic heterocycles. The Morgan fingerprint density at radius 2 is 1.52 bits per heavy atom. The zero-order valence-electron chi connectivity index (χ0n) is 17.4. The fraction of sp³-hybridized carbons (Fsp3) is 0.667. The van der Waals surface area contributed by atoms with Gasteiger partial charge in [-0.1, -0.05) is 54.5 Å². The predicted molar refractivity (Wildman–Crippen MR) is 103 cm³/mol. The molecule has 1 rings (SSSR count). The minimum absolute atomic E-state index is 0.0790. The number of esters is 1. The van der Waals surface area contributed by atoms with Crippen LogP contribution >= 0.6 is 0 Å². The SMILES string of the molecule is CCOC(=O)C(N)(CC)c1cc(C(C)(C)C)cc(C(C)(C)C)c1OC. The van der Waals surface area contributed by atoms with Crippen molar-refractivity contribution in [3.05, 3.63) is 28.8 Å². The van der Waals surface area contributed by atoms with E-state index in [1.165, 1.54) is 0 Å². The summed E-state index contributed by atoms with van der Waals surface area (Å²) < 4.78 is 11.0. The lowest BCUT2D eigenvalue weighted by Crippen LogP contribution is -2.46. The van der Waals surface area contributed by atoms with Gasteiger partial charge in [-0.25, -0.2) is 4.79 Å². The molecular weight excluding hydrogens is 314 g/mol. The summed E-state index contributed by atoms with van der Waals surface area (Å²) in [5.41, 5.74) is 8.01. The maximum Gasteiger partial charge on any atom is 0.330 e. The number of ether oxygens (including phenoxy) is 2. The van der Waals surface area contributed by atoms with E-state index in [1.54, 1.807) is 14.0 Å². The van der Waals surface area contributed by atoms with Crippen LogP contribution in [-0.2, 0) is 25.9 Å². The van der Waals surface area contributed by atoms with Gasteiger partial charge >= 0.3 is 5.97 Å². The molecule has 0 aliphatic carbocycles. The molecule has 0 saturated carbocycles. The number of carbonyl (C=O) groups is 1. The molecule has 0 amide bonds. The van der Waals surface area contributed by atoms with Gasteiger partial charge in [0.15, 0.2) is 0 Å². The lowest BCUT2D eigenvalue weighted by molar-refractivity contribution is -0.150. The van der Waals surface area contributed by atoms with Crippen molar-refractivity contribution in [2.24, 2.45) is 5.73 Å². The first-order valence-electron chi connectivity index (χ1n) is 9.02. The quantitative estimate of drug-likeness (QED) is 0.800. The third-order valence-corrected chi connectivity index (χ3v) is 4.65. The third-order valence-electron chi connectivity index (χ3n) is 4.65. The zero-order chi connectivity index (χ0) is 19.6. The number of benzene rings is 1. The standard InChI is InChI=1S/C21H35NO3/c1-10-21(22,18(23)25-11-2)16-13-14(19(3,4)5)12-15(17(16)24-9)20(6,7)8/h12-13H,10-11,22H2,1-9H3. The van der Waals surface area contributed by atoms with Gasteiger partial charge in [0.2, 0.25) is 0 Å². The third kappa shape index (κ3) is 4.35. The van der Waals surface area contributed by atoms with Gasteiger partial charge in [-0.15, -0.1) is 0 Å². The van der Waals surface area contributed by atoms with Gasteiger partial charge in [-0.05, 0) is 35.8 Å². The van der Waals surface area contributed by atoms with Gasteiger partial charge in [0.1, 0.15) is 11.3 Å². The monoisotopic (exact) mass is 349 g/mol. The molecule has 4 heteroatoms. The molecule has 0 saturated heterocycles. The van der Waals surface area contributed by atoms with Crippen LogP contribution in [0.1, 0.15) is 78.5 Å². The molecule has 1 atom stereocenters. The first kappa shape index (κ1) is 21.5. The Bertz CT molecular complexity index is 623. The molecule has 0 heterocycles. The van der Waals surface area contributed by atoms with Crippen molar-refractivity contribution in [3.63, 3.8) is 0 Å². The van der Waals surface area contributed by atoms with E-state index in [0.29, 0.717) is 24.3 Å². The topological polar surface area (TPSA) is 61.5 Å². The molecule has 0 fully saturated rings. The molecule has 142 valence electrons. The summed E-state index contributed by atoms with van der Waals surface area (Å²) in [7, 11) is 1.63. The summed E-state index contributed by atoms with van der Waals surface area (Å²) in [6.07, 6.45) is 0.430. The first-order valence-corrected chi connectivity index (χ1v) is 9.02. The van der Waals surface area contributed by atoms with Gasteiger partial charge < -0.3 is 15.2 Å². The normalized spacial score (nSPS) is 14.8. The largest absolute Gasteiger partial charge is 0.496 e. The van der Waals surface area contributed by atoms with E-state index in [9.17, 15) is 4.79 Å². The Morgan fingerprint density at radius 1 is 1.00 bits per heavy atom. The maximum atomic E-state index is 12.7. The van der Waals surface area contributed by atoms with Crippen LogP contribution in [0.2, 0.25) is 0 Å². The van der Waals surface area contributed by atoms with Crippen LogP contribution < -0.4 is 10.5 Å². The van der Waals surface area contributed by atoms with E-state index in [-0.39, 0.29) is 10.8 Å². The minimum Gasteiger partial charge on any atom is -0.496 e. The highest BCUT2D eigenvalue weighted by atomic mass is 16.5. The Labute approximate surface area is 153 Å². The highest BCUT2D eigenvalue weighted by Crippen LogP contribution is 2.42. The van der Waals surface area contributed by atoms with E-state index >= 15 is 0 Å². The van der Waals surface area contributed by atoms with Crippen LogP contribution in [0.25, 0.3) is 0 Å². The number of hydrogen-bond donors (Lipinski definition) is 1. The van der Waals surface area contributed by atoms with Crippen molar-refractivity contribution >= 4 is 5.97 Å². The Balaban J connectivity index is 3.86. The van der Waals surface area contributed by atoms with Crippen LogP contribution in [0, 0.1) is 0 Å². The van der Waals surface area contributed by atoms with Crippen molar-refractivity contribution in [1.29, 1.82) is 0 Å². The second-order valence-corrected chi connectivity index (χ2v) is 8.65. The van der Waals surface area contributed by atoms with Crippen LogP contribution in [0.3, 0.4) is 0 Å². The second-order valence-electron chi connectivity index (χ2n) is 8.65. The Kier molecular flexibility index (Phi) is 6.33. The molecule has 1 aromatic rings. The summed E-state index contributed by atoms with van der Waals surface area (Å²) in [6.45, 7) is 16.8. The summed E-state index contributed by atoms with van der Waals surface area (Å²) in [5, 5.41) is 0. The molecule has 1 unspecified atom stereocenters. The average molecular weight is 350 g/mol. The molecule has 0 bridgehead atoms. The highest BCUT2D eigenvalue weighted by molar-refractivity contribution is 5.84. The van der Waals surface area contributed by atoms with Crippen molar-refractivity contribution < 1.29 is 14.3 Å². The van der Waals surface area contributed by atoms with Crippen molar-refractivity contribution in [3.8, 4) is 5.75 Å². The zero-order valence-corrected chi connectivity index (χ0v) is 17.4. The molecule has 4 nitrogen and oxygen atoms in total. The second kappa shape index (κ2) is 7.36. The van der Waals surface area contributed by atoms with Crippen LogP contribution in [0.15, 0.2) is 12.1 Å². The summed E-state index contributed by atoms with van der Waals surface area (Å²) in [4.78, 5) is 12.7. The van der Waals surface area contributed by atoms with E-state index in [1.807, 2.05) is 13.0 Å². The number of nitrogens with two attached hydrogens (primary N) is 1. The summed E-state index contributed by atoms with van der Waals surface area (Å²) in [6, 6.07) is 4.18. The number of methoxy groups -OCH3 is 1. The molecule has 0 aliphatic heterocycles. The average Bonchev–Trinajstić information content (AvgIpc) is 2.51. The Morgan fingerprint density at radius 3 is 1.88 bits per heavy atom. The molecule has 1 aromatic carbocycles. The van der Waals surface area contributed by atoms with Gasteiger partial charge in [0.05, 0.1) is 13.7 Å². The molecule has 25 heavy (non-hydrogen) atoms. The maximum absolute atomic E-state index is 12.7. The van der Waals surface area contributed by atoms with E-state index in [2.05, 4.69) is 47.6 Å². The van der Waals surface area contributed by atoms with Gasteiger partial charge in [0, 0.05) is 11.1 Å². The number of carbonyl (C=O) groups excluding carboxylic acids is 1. The first-order chi connectivity index (χ1) is 11.3. The van der Waals surface area contributed by atoms with Crippen molar-refractivity contribution in [2.75, 3.05) is 13.7 Å². The Hall–Kier alpha value is -1.55. The van der Waals surface area contributed by atoms with Crippen LogP contribution in [0.5, 0.6) is 5.75 Å². The summed E-state index contributed by atoms with van der Waals surface area (Å²) >= 11 is 0. The van der Waals surface area contributed by atoms with E-state index in [4.69, 9.17) is 15.2 Å². The predicted octanol–water partition coefficient (Wildman–Crippen LogP) is 4.42. The van der Waals surface area contributed by atoms with Gasteiger partial charge in [0.25, 0.3) is 0 Å². The van der Waals surface area contributed by atoms with E-state index < -0.39 is 11.5 Å². The molecular formula is C21H35NO3. The minimum atomic E-state index is -1.23. The number of hydrogen-bond acceptors (Lipinski definition) is 4. The lowest BCUT2D eigenvalue weighted by Gasteiger charge is -2.34. The van der Waals surface area contributed by atoms with Crippen LogP contribution in [-0.4, -0.2) is 19.7 Å². The fourth-order valence-electron chi connectivity index (χ4n) is 2.87. The smallest absolute Gasteiger partial charge is 0.330 e. The molecule has 2 N–H and O–H groups in total. The number of rotatable bonds is 5. The van der Waals surface area contributed by atoms with Gasteiger partial charge in [-0.3, -0.25) is 0 Å². The van der Waals surface area contributed by atoms with Gasteiger partial charge in [-0.2, -0.15) is 0 Å². The van der Waals surface area contributed by atoms with E-state index in [0.717, 1.165) is 11.1 Å². The molecule has 0 aliphatic rings. The summed E-state index contributed by atoms with van der Waals surface area (Å²) in [5.74, 6) is 0.264. The fourth-order valence-corrected chi connectivity index (χ4v) is 2.87. The molecule has 0 spiro atoms. The highest BCUT2D eigenvalue weighted by Gasteiger charge is 2.41.